The van der Waals surface area contributed by atoms with E-state index < -0.39 is 28.9 Å². The molecule has 0 spiro atoms. The van der Waals surface area contributed by atoms with E-state index in [0.717, 1.165) is 12.1 Å². The van der Waals surface area contributed by atoms with Gasteiger partial charge in [0.15, 0.2) is 5.78 Å². The summed E-state index contributed by atoms with van der Waals surface area (Å²) in [5, 5.41) is 0.186. The fourth-order valence-corrected chi connectivity index (χ4v) is 2.24. The van der Waals surface area contributed by atoms with Gasteiger partial charge in [-0.2, -0.15) is 13.2 Å². The Morgan fingerprint density at radius 2 is 1.67 bits per heavy atom. The maximum atomic E-state index is 13.9. The highest BCUT2D eigenvalue weighted by molar-refractivity contribution is 6.37. The average molecular weight is 337 g/mol. The summed E-state index contributed by atoms with van der Waals surface area (Å²) in [7, 11) is 0. The molecular formula is C14H6Cl2F4O. The first-order chi connectivity index (χ1) is 9.71. The number of rotatable bonds is 2. The Kier molecular flexibility index (Phi) is 4.25. The van der Waals surface area contributed by atoms with E-state index in [-0.39, 0.29) is 15.6 Å². The number of carbonyl (C=O) groups excluding carboxylic acids is 1. The second-order valence-electron chi connectivity index (χ2n) is 4.12. The molecule has 0 aliphatic heterocycles. The van der Waals surface area contributed by atoms with Crippen LogP contribution in [-0.2, 0) is 6.18 Å². The minimum absolute atomic E-state index is 0.0655. The Morgan fingerprint density at radius 3 is 2.24 bits per heavy atom. The van der Waals surface area contributed by atoms with Gasteiger partial charge in [-0.1, -0.05) is 29.3 Å². The number of carbonyl (C=O) groups is 1. The molecule has 0 saturated carbocycles. The van der Waals surface area contributed by atoms with E-state index in [1.165, 1.54) is 18.2 Å². The van der Waals surface area contributed by atoms with Crippen molar-refractivity contribution in [1.82, 2.24) is 0 Å². The first-order valence-electron chi connectivity index (χ1n) is 5.57. The molecule has 0 N–H and O–H groups in total. The van der Waals surface area contributed by atoms with Gasteiger partial charge in [-0.15, -0.1) is 0 Å². The Bertz CT molecular complexity index is 711. The molecule has 110 valence electrons. The van der Waals surface area contributed by atoms with Crippen molar-refractivity contribution in [3.05, 3.63) is 69.0 Å². The number of ketones is 1. The minimum atomic E-state index is -4.88. The van der Waals surface area contributed by atoms with E-state index in [4.69, 9.17) is 23.2 Å². The smallest absolute Gasteiger partial charge is 0.288 e. The van der Waals surface area contributed by atoms with E-state index >= 15 is 0 Å². The molecule has 0 amide bonds. The molecule has 1 nitrogen and oxygen atoms in total. The lowest BCUT2D eigenvalue weighted by atomic mass is 10.00. The minimum Gasteiger partial charge on any atom is -0.288 e. The van der Waals surface area contributed by atoms with Crippen LogP contribution in [0.4, 0.5) is 17.6 Å². The molecular weight excluding hydrogens is 331 g/mol. The fraction of sp³-hybridized carbons (Fsp3) is 0.0714. The molecule has 0 aromatic heterocycles. The van der Waals surface area contributed by atoms with Gasteiger partial charge >= 0.3 is 6.18 Å². The van der Waals surface area contributed by atoms with Crippen molar-refractivity contribution in [2.45, 2.75) is 6.18 Å². The Labute approximate surface area is 127 Å². The van der Waals surface area contributed by atoms with Crippen molar-refractivity contribution in [3.63, 3.8) is 0 Å². The molecule has 0 atom stereocenters. The molecule has 2 aromatic carbocycles. The maximum absolute atomic E-state index is 13.9. The molecule has 0 heterocycles. The van der Waals surface area contributed by atoms with Gasteiger partial charge in [0.05, 0.1) is 16.1 Å². The summed E-state index contributed by atoms with van der Waals surface area (Å²) in [6.45, 7) is 0. The van der Waals surface area contributed by atoms with Gasteiger partial charge in [0, 0.05) is 10.6 Å². The van der Waals surface area contributed by atoms with Gasteiger partial charge in [-0.05, 0) is 30.3 Å². The molecule has 0 radical (unpaired) electrons. The number of hydrogen-bond donors (Lipinski definition) is 0. The summed E-state index contributed by atoms with van der Waals surface area (Å²) < 4.78 is 51.8. The molecule has 0 aliphatic rings. The zero-order chi connectivity index (χ0) is 15.8. The van der Waals surface area contributed by atoms with Crippen LogP contribution in [0.2, 0.25) is 10.0 Å². The highest BCUT2D eigenvalue weighted by Crippen LogP contribution is 2.33. The van der Waals surface area contributed by atoms with Crippen LogP contribution in [0.25, 0.3) is 0 Å². The predicted molar refractivity (Wildman–Crippen MR) is 71.3 cm³/mol. The normalized spacial score (nSPS) is 11.5. The standard InChI is InChI=1S/C14H6Cl2F4O/c15-7-4-5-8(11(16)6-7)13(21)9-2-1-3-10(12(9)17)14(18,19)20/h1-6H. The SMILES string of the molecule is O=C(c1ccc(Cl)cc1Cl)c1cccc(C(F)(F)F)c1F. The maximum Gasteiger partial charge on any atom is 0.419 e. The van der Waals surface area contributed by atoms with Crippen LogP contribution in [0.5, 0.6) is 0 Å². The molecule has 2 rings (SSSR count). The van der Waals surface area contributed by atoms with Crippen LogP contribution >= 0.6 is 23.2 Å². The molecule has 0 unspecified atom stereocenters. The molecule has 0 fully saturated rings. The van der Waals surface area contributed by atoms with Gasteiger partial charge in [-0.25, -0.2) is 4.39 Å². The lowest BCUT2D eigenvalue weighted by Crippen LogP contribution is -2.13. The molecule has 0 aliphatic carbocycles. The quantitative estimate of drug-likeness (QED) is 0.531. The monoisotopic (exact) mass is 336 g/mol. The van der Waals surface area contributed by atoms with Crippen LogP contribution in [0.1, 0.15) is 21.5 Å². The zero-order valence-electron chi connectivity index (χ0n) is 10.1. The Hall–Kier alpha value is -1.59. The zero-order valence-corrected chi connectivity index (χ0v) is 11.7. The second-order valence-corrected chi connectivity index (χ2v) is 4.96. The lowest BCUT2D eigenvalue weighted by molar-refractivity contribution is -0.140. The second kappa shape index (κ2) is 5.66. The summed E-state index contributed by atoms with van der Waals surface area (Å²) in [5.74, 6) is -2.57. The predicted octanol–water partition coefficient (Wildman–Crippen LogP) is 5.38. The number of alkyl halides is 3. The van der Waals surface area contributed by atoms with E-state index in [9.17, 15) is 22.4 Å². The van der Waals surface area contributed by atoms with Crippen LogP contribution in [0.15, 0.2) is 36.4 Å². The van der Waals surface area contributed by atoms with Crippen LogP contribution < -0.4 is 0 Å². The third-order valence-corrected chi connectivity index (χ3v) is 3.27. The van der Waals surface area contributed by atoms with Gasteiger partial charge in [-0.3, -0.25) is 4.79 Å². The van der Waals surface area contributed by atoms with Gasteiger partial charge in [0.2, 0.25) is 0 Å². The summed E-state index contributed by atoms with van der Waals surface area (Å²) in [5.41, 5.74) is -2.33. The first kappa shape index (κ1) is 15.8. The largest absolute Gasteiger partial charge is 0.419 e. The highest BCUT2D eigenvalue weighted by Gasteiger charge is 2.35. The van der Waals surface area contributed by atoms with Crippen LogP contribution in [-0.4, -0.2) is 5.78 Å². The van der Waals surface area contributed by atoms with Gasteiger partial charge in [0.1, 0.15) is 5.82 Å². The lowest BCUT2D eigenvalue weighted by Gasteiger charge is -2.11. The first-order valence-corrected chi connectivity index (χ1v) is 6.33. The third kappa shape index (κ3) is 3.19. The van der Waals surface area contributed by atoms with Crippen LogP contribution in [0, 0.1) is 5.82 Å². The van der Waals surface area contributed by atoms with Crippen molar-refractivity contribution in [1.29, 1.82) is 0 Å². The Balaban J connectivity index is 2.54. The topological polar surface area (TPSA) is 17.1 Å². The van der Waals surface area contributed by atoms with Crippen LogP contribution in [0.3, 0.4) is 0 Å². The Morgan fingerprint density at radius 1 is 1.00 bits per heavy atom. The fourth-order valence-electron chi connectivity index (χ4n) is 1.74. The number of benzene rings is 2. The molecule has 0 saturated heterocycles. The molecule has 0 bridgehead atoms. The van der Waals surface area contributed by atoms with Crippen molar-refractivity contribution in [2.75, 3.05) is 0 Å². The van der Waals surface area contributed by atoms with Crippen molar-refractivity contribution < 1.29 is 22.4 Å². The summed E-state index contributed by atoms with van der Waals surface area (Å²) in [4.78, 5) is 12.1. The highest BCUT2D eigenvalue weighted by atomic mass is 35.5. The number of halogens is 6. The summed E-state index contributed by atoms with van der Waals surface area (Å²) in [6.07, 6.45) is -4.88. The van der Waals surface area contributed by atoms with Crippen molar-refractivity contribution >= 4 is 29.0 Å². The number of hydrogen-bond acceptors (Lipinski definition) is 1. The van der Waals surface area contributed by atoms with E-state index in [1.807, 2.05) is 0 Å². The molecule has 7 heteroatoms. The van der Waals surface area contributed by atoms with Gasteiger partial charge in [0.25, 0.3) is 0 Å². The third-order valence-electron chi connectivity index (χ3n) is 2.72. The van der Waals surface area contributed by atoms with E-state index in [1.54, 1.807) is 0 Å². The van der Waals surface area contributed by atoms with Crippen molar-refractivity contribution in [2.24, 2.45) is 0 Å². The van der Waals surface area contributed by atoms with Crippen molar-refractivity contribution in [3.8, 4) is 0 Å². The van der Waals surface area contributed by atoms with E-state index in [2.05, 4.69) is 0 Å². The van der Waals surface area contributed by atoms with Gasteiger partial charge < -0.3 is 0 Å². The summed E-state index contributed by atoms with van der Waals surface area (Å²) in [6, 6.07) is 6.32. The summed E-state index contributed by atoms with van der Waals surface area (Å²) >= 11 is 11.5. The molecule has 21 heavy (non-hydrogen) atoms. The average Bonchev–Trinajstić information content (AvgIpc) is 2.37. The molecule has 2 aromatic rings. The van der Waals surface area contributed by atoms with E-state index in [0.29, 0.717) is 6.07 Å².